The lowest BCUT2D eigenvalue weighted by Crippen LogP contribution is -2.30. The molecule has 2 atom stereocenters. The first-order valence-corrected chi connectivity index (χ1v) is 5.74. The van der Waals surface area contributed by atoms with Crippen molar-refractivity contribution in [2.24, 2.45) is 0 Å². The highest BCUT2D eigenvalue weighted by Gasteiger charge is 2.30. The Morgan fingerprint density at radius 3 is 3.00 bits per heavy atom. The lowest BCUT2D eigenvalue weighted by Gasteiger charge is -2.19. The zero-order valence-electron chi connectivity index (χ0n) is 9.83. The number of carboxylic acid groups (broad SMARTS) is 1. The molecule has 1 fully saturated rings. The number of nitrogens with zero attached hydrogens (tertiary/aromatic N) is 1. The fourth-order valence-electron chi connectivity index (χ4n) is 2.10. The van der Waals surface area contributed by atoms with Gasteiger partial charge in [-0.2, -0.15) is 0 Å². The third-order valence-electron chi connectivity index (χ3n) is 2.90. The minimum Gasteiger partial charge on any atom is -0.479 e. The van der Waals surface area contributed by atoms with Crippen LogP contribution in [0.25, 0.3) is 0 Å². The number of carbonyl (C=O) groups is 1. The summed E-state index contributed by atoms with van der Waals surface area (Å²) in [5, 5.41) is 8.82. The molecule has 0 radical (unpaired) electrons. The van der Waals surface area contributed by atoms with Gasteiger partial charge in [0.15, 0.2) is 6.10 Å². The summed E-state index contributed by atoms with van der Waals surface area (Å²) in [5.74, 6) is 0.0430. The lowest BCUT2D eigenvalue weighted by atomic mass is 10.2. The van der Waals surface area contributed by atoms with Crippen molar-refractivity contribution in [3.05, 3.63) is 24.2 Å². The third-order valence-corrected chi connectivity index (χ3v) is 2.90. The minimum atomic E-state index is -0.860. The van der Waals surface area contributed by atoms with E-state index in [4.69, 9.17) is 14.3 Å². The van der Waals surface area contributed by atoms with Crippen molar-refractivity contribution in [3.8, 4) is 0 Å². The predicted molar refractivity (Wildman–Crippen MR) is 60.6 cm³/mol. The second-order valence-electron chi connectivity index (χ2n) is 4.44. The minimum absolute atomic E-state index is 0.0102. The van der Waals surface area contributed by atoms with E-state index in [0.29, 0.717) is 13.0 Å². The van der Waals surface area contributed by atoms with Crippen molar-refractivity contribution >= 4 is 5.97 Å². The average molecular weight is 239 g/mol. The van der Waals surface area contributed by atoms with E-state index in [1.54, 1.807) is 6.26 Å². The van der Waals surface area contributed by atoms with E-state index in [1.165, 1.54) is 0 Å². The van der Waals surface area contributed by atoms with Crippen LogP contribution in [0.1, 0.15) is 18.6 Å². The summed E-state index contributed by atoms with van der Waals surface area (Å²) in [6.45, 7) is 1.44. The summed E-state index contributed by atoms with van der Waals surface area (Å²) < 4.78 is 10.7. The van der Waals surface area contributed by atoms with E-state index in [0.717, 1.165) is 18.7 Å². The monoisotopic (exact) mass is 239 g/mol. The molecule has 5 heteroatoms. The fraction of sp³-hybridized carbons (Fsp3) is 0.583. The highest BCUT2D eigenvalue weighted by Crippen LogP contribution is 2.20. The molecule has 1 aromatic rings. The first kappa shape index (κ1) is 12.1. The van der Waals surface area contributed by atoms with Crippen LogP contribution in [0.2, 0.25) is 0 Å². The van der Waals surface area contributed by atoms with Crippen LogP contribution >= 0.6 is 0 Å². The van der Waals surface area contributed by atoms with Crippen LogP contribution in [-0.2, 0) is 16.1 Å². The Bertz CT molecular complexity index is 363. The second kappa shape index (κ2) is 5.33. The largest absolute Gasteiger partial charge is 0.479 e. The topological polar surface area (TPSA) is 62.9 Å². The quantitative estimate of drug-likeness (QED) is 0.840. The van der Waals surface area contributed by atoms with Crippen molar-refractivity contribution < 1.29 is 19.1 Å². The number of carboxylic acids is 1. The van der Waals surface area contributed by atoms with E-state index in [9.17, 15) is 4.79 Å². The van der Waals surface area contributed by atoms with E-state index in [1.807, 2.05) is 19.2 Å². The van der Waals surface area contributed by atoms with Crippen LogP contribution < -0.4 is 0 Å². The van der Waals surface area contributed by atoms with Gasteiger partial charge < -0.3 is 14.3 Å². The zero-order valence-corrected chi connectivity index (χ0v) is 9.83. The summed E-state index contributed by atoms with van der Waals surface area (Å²) in [6, 6.07) is 3.78. The number of ether oxygens (including phenoxy) is 1. The molecule has 0 bridgehead atoms. The number of rotatable bonds is 5. The summed E-state index contributed by atoms with van der Waals surface area (Å²) in [5.41, 5.74) is 0. The maximum absolute atomic E-state index is 10.7. The standard InChI is InChI=1S/C12H17NO4/c1-13(7-9-3-2-6-16-9)8-10-4-5-11(17-10)12(14)15/h2-3,6,10-11H,4-5,7-8H2,1H3,(H,14,15). The molecule has 1 aromatic heterocycles. The van der Waals surface area contributed by atoms with Crippen LogP contribution in [-0.4, -0.2) is 41.8 Å². The number of hydrogen-bond acceptors (Lipinski definition) is 4. The van der Waals surface area contributed by atoms with E-state index >= 15 is 0 Å². The molecule has 1 aliphatic rings. The van der Waals surface area contributed by atoms with Crippen molar-refractivity contribution in [1.82, 2.24) is 4.90 Å². The molecule has 0 aromatic carbocycles. The van der Waals surface area contributed by atoms with Gasteiger partial charge in [0.2, 0.25) is 0 Å². The van der Waals surface area contributed by atoms with Crippen LogP contribution in [0.3, 0.4) is 0 Å². The molecule has 94 valence electrons. The highest BCUT2D eigenvalue weighted by atomic mass is 16.5. The Morgan fingerprint density at radius 2 is 2.41 bits per heavy atom. The van der Waals surface area contributed by atoms with Gasteiger partial charge in [0.05, 0.1) is 18.9 Å². The van der Waals surface area contributed by atoms with E-state index in [2.05, 4.69) is 4.90 Å². The maximum Gasteiger partial charge on any atom is 0.332 e. The van der Waals surface area contributed by atoms with Crippen molar-refractivity contribution in [2.45, 2.75) is 31.6 Å². The van der Waals surface area contributed by atoms with Gasteiger partial charge in [-0.25, -0.2) is 4.79 Å². The molecule has 2 unspecified atom stereocenters. The highest BCUT2D eigenvalue weighted by molar-refractivity contribution is 5.72. The summed E-state index contributed by atoms with van der Waals surface area (Å²) in [7, 11) is 1.97. The molecule has 1 N–H and O–H groups in total. The molecule has 17 heavy (non-hydrogen) atoms. The van der Waals surface area contributed by atoms with Gasteiger partial charge >= 0.3 is 5.97 Å². The Balaban J connectivity index is 1.76. The smallest absolute Gasteiger partial charge is 0.332 e. The Hall–Kier alpha value is -1.33. The number of aliphatic carboxylic acids is 1. The van der Waals surface area contributed by atoms with Crippen molar-refractivity contribution in [3.63, 3.8) is 0 Å². The molecule has 0 aliphatic carbocycles. The second-order valence-corrected chi connectivity index (χ2v) is 4.44. The van der Waals surface area contributed by atoms with Gasteiger partial charge in [-0.1, -0.05) is 0 Å². The molecule has 5 nitrogen and oxygen atoms in total. The van der Waals surface area contributed by atoms with Gasteiger partial charge in [0, 0.05) is 6.54 Å². The van der Waals surface area contributed by atoms with Crippen molar-refractivity contribution in [2.75, 3.05) is 13.6 Å². The molecular formula is C12H17NO4. The van der Waals surface area contributed by atoms with E-state index in [-0.39, 0.29) is 6.10 Å². The first-order valence-electron chi connectivity index (χ1n) is 5.74. The summed E-state index contributed by atoms with van der Waals surface area (Å²) in [4.78, 5) is 12.8. The SMILES string of the molecule is CN(Cc1ccco1)CC1CCC(C(=O)O)O1. The van der Waals surface area contributed by atoms with Gasteiger partial charge in [0.1, 0.15) is 5.76 Å². The molecule has 1 aliphatic heterocycles. The van der Waals surface area contributed by atoms with Gasteiger partial charge in [-0.3, -0.25) is 4.90 Å². The Morgan fingerprint density at radius 1 is 1.59 bits per heavy atom. The Labute approximate surface area is 100.0 Å². The lowest BCUT2D eigenvalue weighted by molar-refractivity contribution is -0.149. The zero-order chi connectivity index (χ0) is 12.3. The number of likely N-dealkylation sites (N-methyl/N-ethyl adjacent to an activating group) is 1. The fourth-order valence-corrected chi connectivity index (χ4v) is 2.10. The third kappa shape index (κ3) is 3.31. The predicted octanol–water partition coefficient (Wildman–Crippen LogP) is 1.34. The Kier molecular flexibility index (Phi) is 3.81. The number of furan rings is 1. The van der Waals surface area contributed by atoms with Crippen LogP contribution in [0.5, 0.6) is 0 Å². The molecule has 1 saturated heterocycles. The van der Waals surface area contributed by atoms with Crippen LogP contribution in [0, 0.1) is 0 Å². The average Bonchev–Trinajstić information content (AvgIpc) is 2.88. The molecule has 2 rings (SSSR count). The van der Waals surface area contributed by atoms with Crippen molar-refractivity contribution in [1.29, 1.82) is 0 Å². The first-order chi connectivity index (χ1) is 8.15. The van der Waals surface area contributed by atoms with Gasteiger partial charge in [0.25, 0.3) is 0 Å². The normalized spacial score (nSPS) is 24.4. The van der Waals surface area contributed by atoms with Gasteiger partial charge in [-0.05, 0) is 32.0 Å². The molecular weight excluding hydrogens is 222 g/mol. The summed E-state index contributed by atoms with van der Waals surface area (Å²) in [6.07, 6.45) is 2.44. The molecule has 2 heterocycles. The molecule has 0 spiro atoms. The molecule has 0 amide bonds. The van der Waals surface area contributed by atoms with Crippen LogP contribution in [0.4, 0.5) is 0 Å². The van der Waals surface area contributed by atoms with Gasteiger partial charge in [-0.15, -0.1) is 0 Å². The summed E-state index contributed by atoms with van der Waals surface area (Å²) >= 11 is 0. The maximum atomic E-state index is 10.7. The number of hydrogen-bond donors (Lipinski definition) is 1. The van der Waals surface area contributed by atoms with E-state index < -0.39 is 12.1 Å². The molecule has 0 saturated carbocycles. The van der Waals surface area contributed by atoms with Crippen LogP contribution in [0.15, 0.2) is 22.8 Å².